The van der Waals surface area contributed by atoms with Crippen LogP contribution in [0.25, 0.3) is 22.0 Å². The molecular weight excluding hydrogens is 480 g/mol. The molecule has 7 nitrogen and oxygen atoms in total. The molecule has 9 heteroatoms. The number of nitrogens with zero attached hydrogens (tertiary/aromatic N) is 2. The topological polar surface area (TPSA) is 93.5 Å². The zero-order valence-corrected chi connectivity index (χ0v) is 20.1. The van der Waals surface area contributed by atoms with E-state index in [1.165, 1.54) is 30.6 Å². The standard InChI is InChI=1S/C28H25F2N3O4/c1-16-4-2-5-17(10-16)18-11-22(29)20(23(30)12-18)13-33-14-21(26-19(28(33)36)6-3-8-31-26)27(35)32-24-7-9-37-15-25(24)34/h2-6,8,10-12,14,24-25,34H,7,9,13,15H2,1H3,(H,32,35)/t24-,25-/m0/s1. The molecule has 0 spiro atoms. The molecule has 1 fully saturated rings. The van der Waals surface area contributed by atoms with Crippen LogP contribution >= 0.6 is 0 Å². The van der Waals surface area contributed by atoms with Crippen LogP contribution in [0.4, 0.5) is 8.78 Å². The fourth-order valence-corrected chi connectivity index (χ4v) is 4.56. The van der Waals surface area contributed by atoms with Crippen LogP contribution in [-0.4, -0.2) is 45.9 Å². The zero-order chi connectivity index (χ0) is 26.1. The molecule has 2 aromatic carbocycles. The summed E-state index contributed by atoms with van der Waals surface area (Å²) >= 11 is 0. The fraction of sp³-hybridized carbons (Fsp3) is 0.250. The zero-order valence-electron chi connectivity index (χ0n) is 20.1. The Labute approximate surface area is 211 Å². The van der Waals surface area contributed by atoms with Crippen molar-refractivity contribution in [2.75, 3.05) is 13.2 Å². The van der Waals surface area contributed by atoms with Crippen molar-refractivity contribution in [3.63, 3.8) is 0 Å². The Kier molecular flexibility index (Phi) is 6.82. The molecule has 5 rings (SSSR count). The summed E-state index contributed by atoms with van der Waals surface area (Å²) in [5, 5.41) is 13.1. The number of aliphatic hydroxyl groups is 1. The number of ether oxygens (including phenoxy) is 1. The van der Waals surface area contributed by atoms with E-state index < -0.39 is 41.8 Å². The highest BCUT2D eigenvalue weighted by molar-refractivity contribution is 6.05. The second-order valence-corrected chi connectivity index (χ2v) is 9.17. The minimum Gasteiger partial charge on any atom is -0.389 e. The molecule has 0 unspecified atom stereocenters. The van der Waals surface area contributed by atoms with Crippen LogP contribution in [0, 0.1) is 18.6 Å². The second kappa shape index (κ2) is 10.2. The van der Waals surface area contributed by atoms with Gasteiger partial charge in [0.15, 0.2) is 0 Å². The molecule has 0 aliphatic carbocycles. The summed E-state index contributed by atoms with van der Waals surface area (Å²) in [6, 6.07) is 12.3. The average Bonchev–Trinajstić information content (AvgIpc) is 2.88. The summed E-state index contributed by atoms with van der Waals surface area (Å²) < 4.78 is 36.6. The number of fused-ring (bicyclic) bond motifs is 1. The average molecular weight is 506 g/mol. The van der Waals surface area contributed by atoms with Crippen LogP contribution in [0.15, 0.2) is 65.7 Å². The monoisotopic (exact) mass is 505 g/mol. The van der Waals surface area contributed by atoms with Crippen LogP contribution in [0.3, 0.4) is 0 Å². The van der Waals surface area contributed by atoms with Crippen molar-refractivity contribution in [3.05, 3.63) is 99.6 Å². The van der Waals surface area contributed by atoms with Crippen LogP contribution < -0.4 is 10.9 Å². The molecule has 190 valence electrons. The fourth-order valence-electron chi connectivity index (χ4n) is 4.56. The number of hydrogen-bond donors (Lipinski definition) is 2. The number of aromatic nitrogens is 2. The molecule has 2 atom stereocenters. The molecule has 1 aliphatic heterocycles. The van der Waals surface area contributed by atoms with Gasteiger partial charge in [-0.05, 0) is 48.7 Å². The number of aryl methyl sites for hydroxylation is 1. The Morgan fingerprint density at radius 3 is 2.68 bits per heavy atom. The van der Waals surface area contributed by atoms with Gasteiger partial charge in [-0.3, -0.25) is 14.6 Å². The SMILES string of the molecule is Cc1cccc(-c2cc(F)c(Cn3cc(C(=O)N[C@H]4CCOC[C@@H]4O)c4ncccc4c3=O)c(F)c2)c1. The van der Waals surface area contributed by atoms with Crippen molar-refractivity contribution < 1.29 is 23.4 Å². The molecule has 1 saturated heterocycles. The van der Waals surface area contributed by atoms with Gasteiger partial charge in [0.25, 0.3) is 11.5 Å². The number of carbonyl (C=O) groups excluding carboxylic acids is 1. The number of nitrogens with one attached hydrogen (secondary N) is 1. The van der Waals surface area contributed by atoms with E-state index in [1.807, 2.05) is 25.1 Å². The maximum Gasteiger partial charge on any atom is 0.260 e. The van der Waals surface area contributed by atoms with Crippen LogP contribution in [0.1, 0.15) is 27.9 Å². The smallest absolute Gasteiger partial charge is 0.260 e. The molecule has 0 bridgehead atoms. The van der Waals surface area contributed by atoms with Crippen LogP contribution in [-0.2, 0) is 11.3 Å². The number of pyridine rings is 2. The van der Waals surface area contributed by atoms with E-state index >= 15 is 8.78 Å². The Bertz CT molecular complexity index is 1530. The van der Waals surface area contributed by atoms with Crippen LogP contribution in [0.5, 0.6) is 0 Å². The summed E-state index contributed by atoms with van der Waals surface area (Å²) in [7, 11) is 0. The summed E-state index contributed by atoms with van der Waals surface area (Å²) in [5.41, 5.74) is 1.41. The number of amides is 1. The van der Waals surface area contributed by atoms with Gasteiger partial charge in [0.1, 0.15) is 11.6 Å². The number of rotatable bonds is 5. The van der Waals surface area contributed by atoms with Gasteiger partial charge in [-0.1, -0.05) is 29.8 Å². The van der Waals surface area contributed by atoms with E-state index in [9.17, 15) is 14.7 Å². The van der Waals surface area contributed by atoms with E-state index in [2.05, 4.69) is 10.3 Å². The molecular formula is C28H25F2N3O4. The lowest BCUT2D eigenvalue weighted by molar-refractivity contribution is -0.0260. The number of benzene rings is 2. The largest absolute Gasteiger partial charge is 0.389 e. The van der Waals surface area contributed by atoms with Gasteiger partial charge in [-0.25, -0.2) is 8.78 Å². The van der Waals surface area contributed by atoms with Crippen molar-refractivity contribution in [3.8, 4) is 11.1 Å². The van der Waals surface area contributed by atoms with Gasteiger partial charge >= 0.3 is 0 Å². The maximum atomic E-state index is 15.2. The quantitative estimate of drug-likeness (QED) is 0.433. The Balaban J connectivity index is 1.53. The lowest BCUT2D eigenvalue weighted by Crippen LogP contribution is -2.48. The van der Waals surface area contributed by atoms with E-state index in [4.69, 9.17) is 4.74 Å². The second-order valence-electron chi connectivity index (χ2n) is 9.17. The third kappa shape index (κ3) is 5.00. The predicted molar refractivity (Wildman–Crippen MR) is 134 cm³/mol. The van der Waals surface area contributed by atoms with E-state index in [1.54, 1.807) is 12.1 Å². The summed E-state index contributed by atoms with van der Waals surface area (Å²) in [4.78, 5) is 30.6. The van der Waals surface area contributed by atoms with Crippen molar-refractivity contribution in [1.82, 2.24) is 14.9 Å². The first kappa shape index (κ1) is 24.7. The Hall–Kier alpha value is -3.95. The number of hydrogen-bond acceptors (Lipinski definition) is 5. The van der Waals surface area contributed by atoms with Crippen molar-refractivity contribution in [2.45, 2.75) is 32.0 Å². The van der Waals surface area contributed by atoms with Crippen molar-refractivity contribution in [2.24, 2.45) is 0 Å². The van der Waals surface area contributed by atoms with Gasteiger partial charge < -0.3 is 19.7 Å². The lowest BCUT2D eigenvalue weighted by Gasteiger charge is -2.28. The molecule has 2 N–H and O–H groups in total. The number of aliphatic hydroxyl groups excluding tert-OH is 1. The summed E-state index contributed by atoms with van der Waals surface area (Å²) in [5.74, 6) is -2.16. The third-order valence-corrected chi connectivity index (χ3v) is 6.55. The molecule has 2 aromatic heterocycles. The highest BCUT2D eigenvalue weighted by Crippen LogP contribution is 2.26. The molecule has 0 saturated carbocycles. The number of carbonyl (C=O) groups is 1. The highest BCUT2D eigenvalue weighted by Gasteiger charge is 2.27. The first-order chi connectivity index (χ1) is 17.8. The Morgan fingerprint density at radius 2 is 1.95 bits per heavy atom. The Morgan fingerprint density at radius 1 is 1.16 bits per heavy atom. The summed E-state index contributed by atoms with van der Waals surface area (Å²) in [6.45, 7) is 1.95. The predicted octanol–water partition coefficient (Wildman–Crippen LogP) is 3.58. The van der Waals surface area contributed by atoms with E-state index in [0.29, 0.717) is 24.2 Å². The molecule has 3 heterocycles. The first-order valence-electron chi connectivity index (χ1n) is 11.9. The van der Waals surface area contributed by atoms with Crippen LogP contribution in [0.2, 0.25) is 0 Å². The highest BCUT2D eigenvalue weighted by atomic mass is 19.1. The maximum absolute atomic E-state index is 15.2. The van der Waals surface area contributed by atoms with Crippen molar-refractivity contribution in [1.29, 1.82) is 0 Å². The van der Waals surface area contributed by atoms with Gasteiger partial charge in [0, 0.05) is 24.6 Å². The minimum absolute atomic E-state index is 0.0612. The molecule has 0 radical (unpaired) electrons. The van der Waals surface area contributed by atoms with Gasteiger partial charge in [-0.15, -0.1) is 0 Å². The molecule has 1 amide bonds. The van der Waals surface area contributed by atoms with E-state index in [0.717, 1.165) is 10.1 Å². The van der Waals surface area contributed by atoms with Gasteiger partial charge in [-0.2, -0.15) is 0 Å². The molecule has 4 aromatic rings. The first-order valence-corrected chi connectivity index (χ1v) is 11.9. The van der Waals surface area contributed by atoms with Gasteiger partial charge in [0.2, 0.25) is 0 Å². The number of halogens is 2. The third-order valence-electron chi connectivity index (χ3n) is 6.55. The van der Waals surface area contributed by atoms with Crippen molar-refractivity contribution >= 4 is 16.8 Å². The summed E-state index contributed by atoms with van der Waals surface area (Å²) in [6.07, 6.45) is 2.25. The molecule has 1 aliphatic rings. The van der Waals surface area contributed by atoms with E-state index in [-0.39, 0.29) is 28.6 Å². The van der Waals surface area contributed by atoms with Gasteiger partial charge in [0.05, 0.1) is 41.8 Å². The normalized spacial score (nSPS) is 17.6. The lowest BCUT2D eigenvalue weighted by atomic mass is 10.0. The molecule has 37 heavy (non-hydrogen) atoms. The minimum atomic E-state index is -0.877.